The highest BCUT2D eigenvalue weighted by atomic mass is 32.2. The second-order valence-corrected chi connectivity index (χ2v) is 8.78. The van der Waals surface area contributed by atoms with Gasteiger partial charge in [0, 0.05) is 17.6 Å². The van der Waals surface area contributed by atoms with Crippen LogP contribution in [-0.4, -0.2) is 15.0 Å². The first-order chi connectivity index (χ1) is 15.3. The molecule has 4 aromatic rings. The zero-order valence-corrected chi connectivity index (χ0v) is 18.4. The highest BCUT2D eigenvalue weighted by Crippen LogP contribution is 2.41. The van der Waals surface area contributed by atoms with Crippen molar-refractivity contribution in [3.8, 4) is 0 Å². The molecule has 5 rings (SSSR count). The Balaban J connectivity index is 1.48. The van der Waals surface area contributed by atoms with Crippen molar-refractivity contribution in [2.45, 2.75) is 28.6 Å². The summed E-state index contributed by atoms with van der Waals surface area (Å²) in [4.78, 5) is 7.93. The van der Waals surface area contributed by atoms with E-state index < -0.39 is 0 Å². The van der Waals surface area contributed by atoms with E-state index in [4.69, 9.17) is 16.6 Å². The van der Waals surface area contributed by atoms with Gasteiger partial charge in [0.15, 0.2) is 10.2 Å². The first-order valence-electron chi connectivity index (χ1n) is 10.1. The Labute approximate surface area is 191 Å². The minimum atomic E-state index is -0.0901. The SMILES string of the molecule is S=C1N[C@H](c2ccccn2)[C@@H](c2ccc(Sc3ccccc3)o2)N1Cc1ccccc1. The summed E-state index contributed by atoms with van der Waals surface area (Å²) in [5, 5.41) is 5.04. The molecule has 0 saturated carbocycles. The van der Waals surface area contributed by atoms with Crippen LogP contribution in [0.25, 0.3) is 0 Å². The van der Waals surface area contributed by atoms with Gasteiger partial charge in [0.25, 0.3) is 0 Å². The van der Waals surface area contributed by atoms with Crippen molar-refractivity contribution in [3.05, 3.63) is 114 Å². The summed E-state index contributed by atoms with van der Waals surface area (Å²) in [6, 6.07) is 30.5. The number of hydrogen-bond donors (Lipinski definition) is 1. The third-order valence-electron chi connectivity index (χ3n) is 5.25. The molecule has 154 valence electrons. The molecule has 1 aliphatic heterocycles. The number of benzene rings is 2. The Morgan fingerprint density at radius 2 is 1.65 bits per heavy atom. The largest absolute Gasteiger partial charge is 0.452 e. The van der Waals surface area contributed by atoms with E-state index in [2.05, 4.69) is 57.7 Å². The second-order valence-electron chi connectivity index (χ2n) is 7.31. The van der Waals surface area contributed by atoms with E-state index in [9.17, 15) is 0 Å². The van der Waals surface area contributed by atoms with Crippen LogP contribution in [0.4, 0.5) is 0 Å². The van der Waals surface area contributed by atoms with E-state index in [1.54, 1.807) is 11.8 Å². The molecule has 6 heteroatoms. The zero-order chi connectivity index (χ0) is 21.0. The maximum atomic E-state index is 6.33. The summed E-state index contributed by atoms with van der Waals surface area (Å²) in [6.45, 7) is 0.697. The molecule has 1 aliphatic rings. The van der Waals surface area contributed by atoms with Gasteiger partial charge in [0.1, 0.15) is 11.8 Å². The number of thiocarbonyl (C=S) groups is 1. The Kier molecular flexibility index (Phi) is 5.74. The lowest BCUT2D eigenvalue weighted by atomic mass is 10.0. The molecule has 0 bridgehead atoms. The van der Waals surface area contributed by atoms with Crippen LogP contribution in [0, 0.1) is 0 Å². The molecule has 2 aromatic heterocycles. The highest BCUT2D eigenvalue weighted by molar-refractivity contribution is 7.99. The molecule has 2 atom stereocenters. The molecule has 0 aliphatic carbocycles. The van der Waals surface area contributed by atoms with Crippen LogP contribution >= 0.6 is 24.0 Å². The summed E-state index contributed by atoms with van der Waals surface area (Å²) < 4.78 is 6.33. The van der Waals surface area contributed by atoms with E-state index >= 15 is 0 Å². The molecule has 1 fully saturated rings. The van der Waals surface area contributed by atoms with Crippen LogP contribution in [0.1, 0.15) is 29.1 Å². The van der Waals surface area contributed by atoms with Gasteiger partial charge in [-0.2, -0.15) is 0 Å². The van der Waals surface area contributed by atoms with Crippen LogP contribution in [-0.2, 0) is 6.54 Å². The van der Waals surface area contributed by atoms with Crippen LogP contribution < -0.4 is 5.32 Å². The van der Waals surface area contributed by atoms with Gasteiger partial charge in [-0.15, -0.1) is 0 Å². The number of nitrogens with one attached hydrogen (secondary N) is 1. The molecule has 4 nitrogen and oxygen atoms in total. The van der Waals surface area contributed by atoms with Gasteiger partial charge in [-0.3, -0.25) is 4.98 Å². The molecule has 1 N–H and O–H groups in total. The lowest BCUT2D eigenvalue weighted by Crippen LogP contribution is -2.28. The number of hydrogen-bond acceptors (Lipinski definition) is 4. The third kappa shape index (κ3) is 4.36. The standard InChI is InChI=1S/C25H21N3OS2/c30-25-27-23(20-13-7-8-16-26-20)24(28(25)17-18-9-3-1-4-10-18)21-14-15-22(29-21)31-19-11-5-2-6-12-19/h1-16,23-24H,17H2,(H,27,30)/t23-,24-/m1/s1. The number of nitrogens with zero attached hydrogens (tertiary/aromatic N) is 2. The molecular formula is C25H21N3OS2. The summed E-state index contributed by atoms with van der Waals surface area (Å²) in [5.41, 5.74) is 2.14. The minimum absolute atomic E-state index is 0.0851. The maximum Gasteiger partial charge on any atom is 0.170 e. The van der Waals surface area contributed by atoms with Crippen LogP contribution in [0.2, 0.25) is 0 Å². The van der Waals surface area contributed by atoms with Gasteiger partial charge < -0.3 is 14.6 Å². The number of aromatic nitrogens is 1. The highest BCUT2D eigenvalue weighted by Gasteiger charge is 2.41. The smallest absolute Gasteiger partial charge is 0.170 e. The summed E-state index contributed by atoms with van der Waals surface area (Å²) >= 11 is 7.36. The Morgan fingerprint density at radius 3 is 2.39 bits per heavy atom. The Hall–Kier alpha value is -3.09. The second kappa shape index (κ2) is 8.96. The van der Waals surface area contributed by atoms with E-state index in [1.165, 1.54) is 5.56 Å². The van der Waals surface area contributed by atoms with Gasteiger partial charge in [-0.25, -0.2) is 0 Å². The van der Waals surface area contributed by atoms with E-state index in [1.807, 2.05) is 54.7 Å². The van der Waals surface area contributed by atoms with Gasteiger partial charge in [-0.05, 0) is 54.2 Å². The molecule has 31 heavy (non-hydrogen) atoms. The summed E-state index contributed by atoms with van der Waals surface area (Å²) in [6.07, 6.45) is 1.82. The van der Waals surface area contributed by atoms with Gasteiger partial charge in [0.05, 0.1) is 11.7 Å². The maximum absolute atomic E-state index is 6.33. The van der Waals surface area contributed by atoms with Crippen molar-refractivity contribution < 1.29 is 4.42 Å². The van der Waals surface area contributed by atoms with Crippen molar-refractivity contribution in [1.29, 1.82) is 0 Å². The summed E-state index contributed by atoms with van der Waals surface area (Å²) in [7, 11) is 0. The van der Waals surface area contributed by atoms with Gasteiger partial charge in [-0.1, -0.05) is 66.4 Å². The molecule has 1 saturated heterocycles. The molecule has 2 aromatic carbocycles. The van der Waals surface area contributed by atoms with Crippen LogP contribution in [0.5, 0.6) is 0 Å². The van der Waals surface area contributed by atoms with Crippen molar-refractivity contribution >= 4 is 29.1 Å². The predicted molar refractivity (Wildman–Crippen MR) is 127 cm³/mol. The average Bonchev–Trinajstić information content (AvgIpc) is 3.40. The Bertz CT molecular complexity index is 1150. The zero-order valence-electron chi connectivity index (χ0n) is 16.7. The molecule has 0 spiro atoms. The lowest BCUT2D eigenvalue weighted by molar-refractivity contribution is 0.254. The fourth-order valence-corrected chi connectivity index (χ4v) is 4.92. The number of pyridine rings is 1. The molecule has 3 heterocycles. The fourth-order valence-electron chi connectivity index (χ4n) is 3.82. The predicted octanol–water partition coefficient (Wildman–Crippen LogP) is 6.00. The van der Waals surface area contributed by atoms with Gasteiger partial charge in [0.2, 0.25) is 0 Å². The van der Waals surface area contributed by atoms with Crippen molar-refractivity contribution in [2.24, 2.45) is 0 Å². The fraction of sp³-hybridized carbons (Fsp3) is 0.120. The monoisotopic (exact) mass is 443 g/mol. The molecule has 0 amide bonds. The van der Waals surface area contributed by atoms with E-state index in [0.717, 1.165) is 21.4 Å². The Morgan fingerprint density at radius 1 is 0.903 bits per heavy atom. The minimum Gasteiger partial charge on any atom is -0.452 e. The molecule has 0 radical (unpaired) electrons. The van der Waals surface area contributed by atoms with Crippen molar-refractivity contribution in [2.75, 3.05) is 0 Å². The van der Waals surface area contributed by atoms with E-state index in [0.29, 0.717) is 11.7 Å². The first kappa shape index (κ1) is 19.8. The normalized spacial score (nSPS) is 18.2. The number of furan rings is 1. The third-order valence-corrected chi connectivity index (χ3v) is 6.53. The van der Waals surface area contributed by atoms with Crippen LogP contribution in [0.3, 0.4) is 0 Å². The quantitative estimate of drug-likeness (QED) is 0.369. The first-order valence-corrected chi connectivity index (χ1v) is 11.3. The van der Waals surface area contributed by atoms with Crippen LogP contribution in [0.15, 0.2) is 112 Å². The van der Waals surface area contributed by atoms with Crippen molar-refractivity contribution in [3.63, 3.8) is 0 Å². The lowest BCUT2D eigenvalue weighted by Gasteiger charge is -2.26. The average molecular weight is 444 g/mol. The molecule has 0 unspecified atom stereocenters. The van der Waals surface area contributed by atoms with E-state index in [-0.39, 0.29) is 12.1 Å². The topological polar surface area (TPSA) is 41.3 Å². The van der Waals surface area contributed by atoms with Crippen molar-refractivity contribution in [1.82, 2.24) is 15.2 Å². The van der Waals surface area contributed by atoms with Gasteiger partial charge >= 0.3 is 0 Å². The summed E-state index contributed by atoms with van der Waals surface area (Å²) in [5.74, 6) is 0.873. The number of rotatable bonds is 6. The molecular weight excluding hydrogens is 422 g/mol.